The van der Waals surface area contributed by atoms with Crippen LogP contribution in [0.5, 0.6) is 0 Å². The minimum atomic E-state index is -3.87. The van der Waals surface area contributed by atoms with Gasteiger partial charge in [-0.25, -0.2) is 17.5 Å². The van der Waals surface area contributed by atoms with Gasteiger partial charge in [0.25, 0.3) is 0 Å². The largest absolute Gasteiger partial charge is 0.392 e. The summed E-state index contributed by atoms with van der Waals surface area (Å²) in [5, 5.41) is 8.91. The van der Waals surface area contributed by atoms with E-state index >= 15 is 0 Å². The van der Waals surface area contributed by atoms with Gasteiger partial charge in [-0.15, -0.1) is 0 Å². The Bertz CT molecular complexity index is 558. The fraction of sp³-hybridized carbons (Fsp3) is 0.600. The highest BCUT2D eigenvalue weighted by atomic mass is 32.2. The molecule has 1 rings (SSSR count). The molecule has 0 amide bonds. The second-order valence-corrected chi connectivity index (χ2v) is 7.45. The highest BCUT2D eigenvalue weighted by Gasteiger charge is 2.21. The number of halogens is 1. The standard InChI is InChI=1S/C15H24FNO3S/c1-11(2)5-4-6-12(3)17-21(19,20)15-8-7-13(10-18)9-14(15)16/h7-9,11-12,17-18H,4-6,10H2,1-3H3. The van der Waals surface area contributed by atoms with Crippen LogP contribution in [0.25, 0.3) is 0 Å². The maximum atomic E-state index is 13.8. The fourth-order valence-corrected chi connectivity index (χ4v) is 3.42. The lowest BCUT2D eigenvalue weighted by molar-refractivity contribution is 0.281. The van der Waals surface area contributed by atoms with Crippen LogP contribution in [-0.2, 0) is 16.6 Å². The lowest BCUT2D eigenvalue weighted by Gasteiger charge is -2.15. The molecule has 0 spiro atoms. The van der Waals surface area contributed by atoms with Gasteiger partial charge in [0.1, 0.15) is 10.7 Å². The third kappa shape index (κ3) is 5.73. The molecule has 0 saturated carbocycles. The molecular formula is C15H24FNO3S. The third-order valence-electron chi connectivity index (χ3n) is 3.24. The van der Waals surface area contributed by atoms with Gasteiger partial charge < -0.3 is 5.11 Å². The molecule has 0 fully saturated rings. The van der Waals surface area contributed by atoms with Gasteiger partial charge in [0.2, 0.25) is 10.0 Å². The first-order chi connectivity index (χ1) is 9.76. The van der Waals surface area contributed by atoms with Crippen molar-refractivity contribution in [1.29, 1.82) is 0 Å². The van der Waals surface area contributed by atoms with Crippen molar-refractivity contribution in [2.24, 2.45) is 5.92 Å². The second-order valence-electron chi connectivity index (χ2n) is 5.77. The molecule has 0 radical (unpaired) electrons. The van der Waals surface area contributed by atoms with E-state index in [2.05, 4.69) is 18.6 Å². The maximum absolute atomic E-state index is 13.8. The summed E-state index contributed by atoms with van der Waals surface area (Å²) in [6, 6.07) is 3.38. The first kappa shape index (κ1) is 18.1. The topological polar surface area (TPSA) is 66.4 Å². The maximum Gasteiger partial charge on any atom is 0.243 e. The molecular weight excluding hydrogens is 293 g/mol. The van der Waals surface area contributed by atoms with Gasteiger partial charge in [0.05, 0.1) is 6.61 Å². The summed E-state index contributed by atoms with van der Waals surface area (Å²) in [7, 11) is -3.87. The first-order valence-corrected chi connectivity index (χ1v) is 8.66. The number of hydrogen-bond acceptors (Lipinski definition) is 3. The zero-order valence-corrected chi connectivity index (χ0v) is 13.6. The molecule has 1 aromatic rings. The highest BCUT2D eigenvalue weighted by Crippen LogP contribution is 2.17. The van der Waals surface area contributed by atoms with Crippen LogP contribution in [0.2, 0.25) is 0 Å². The summed E-state index contributed by atoms with van der Waals surface area (Å²) < 4.78 is 40.6. The van der Waals surface area contributed by atoms with E-state index in [4.69, 9.17) is 5.11 Å². The van der Waals surface area contributed by atoms with Crippen molar-refractivity contribution < 1.29 is 17.9 Å². The quantitative estimate of drug-likeness (QED) is 0.775. The molecule has 1 unspecified atom stereocenters. The monoisotopic (exact) mass is 317 g/mol. The van der Waals surface area contributed by atoms with Crippen LogP contribution in [0.15, 0.2) is 23.1 Å². The van der Waals surface area contributed by atoms with Crippen molar-refractivity contribution in [1.82, 2.24) is 4.72 Å². The molecule has 0 aromatic heterocycles. The fourth-order valence-electron chi connectivity index (χ4n) is 2.08. The summed E-state index contributed by atoms with van der Waals surface area (Å²) >= 11 is 0. The minimum absolute atomic E-state index is 0.245. The van der Waals surface area contributed by atoms with Crippen molar-refractivity contribution in [2.75, 3.05) is 0 Å². The van der Waals surface area contributed by atoms with Crippen molar-refractivity contribution >= 4 is 10.0 Å². The van der Waals surface area contributed by atoms with Crippen LogP contribution in [-0.4, -0.2) is 19.6 Å². The minimum Gasteiger partial charge on any atom is -0.392 e. The molecule has 6 heteroatoms. The lowest BCUT2D eigenvalue weighted by atomic mass is 10.0. The van der Waals surface area contributed by atoms with E-state index in [-0.39, 0.29) is 17.5 Å². The zero-order chi connectivity index (χ0) is 16.0. The normalized spacial score (nSPS) is 13.6. The zero-order valence-electron chi connectivity index (χ0n) is 12.8. The van der Waals surface area contributed by atoms with Gasteiger partial charge >= 0.3 is 0 Å². The Kier molecular flexibility index (Phi) is 6.77. The third-order valence-corrected chi connectivity index (χ3v) is 4.87. The number of nitrogens with one attached hydrogen (secondary N) is 1. The smallest absolute Gasteiger partial charge is 0.243 e. The number of benzene rings is 1. The average molecular weight is 317 g/mol. The van der Waals surface area contributed by atoms with E-state index in [1.165, 1.54) is 12.1 Å². The number of sulfonamides is 1. The van der Waals surface area contributed by atoms with Crippen molar-refractivity contribution in [3.63, 3.8) is 0 Å². The predicted octanol–water partition coefficient (Wildman–Crippen LogP) is 2.81. The van der Waals surface area contributed by atoms with Crippen molar-refractivity contribution in [2.45, 2.75) is 57.6 Å². The molecule has 4 nitrogen and oxygen atoms in total. The summed E-state index contributed by atoms with van der Waals surface area (Å²) in [5.74, 6) is -0.263. The summed E-state index contributed by atoms with van der Waals surface area (Å²) in [6.07, 6.45) is 2.67. The Balaban J connectivity index is 2.73. The van der Waals surface area contributed by atoms with Crippen LogP contribution < -0.4 is 4.72 Å². The summed E-state index contributed by atoms with van der Waals surface area (Å²) in [6.45, 7) is 5.69. The van der Waals surface area contributed by atoms with Crippen LogP contribution >= 0.6 is 0 Å². The van der Waals surface area contributed by atoms with E-state index in [1.807, 2.05) is 0 Å². The van der Waals surface area contributed by atoms with Crippen LogP contribution in [0.1, 0.15) is 45.6 Å². The van der Waals surface area contributed by atoms with E-state index in [0.29, 0.717) is 17.9 Å². The first-order valence-electron chi connectivity index (χ1n) is 7.18. The van der Waals surface area contributed by atoms with Gasteiger partial charge in [-0.1, -0.05) is 32.8 Å². The number of aliphatic hydroxyl groups excluding tert-OH is 1. The molecule has 1 aromatic carbocycles. The Labute approximate surface area is 126 Å². The van der Waals surface area contributed by atoms with Crippen molar-refractivity contribution in [3.8, 4) is 0 Å². The van der Waals surface area contributed by atoms with Gasteiger partial charge in [0.15, 0.2) is 0 Å². The average Bonchev–Trinajstić information content (AvgIpc) is 2.36. The molecule has 21 heavy (non-hydrogen) atoms. The Morgan fingerprint density at radius 2 is 1.90 bits per heavy atom. The van der Waals surface area contributed by atoms with Crippen LogP contribution in [0, 0.1) is 11.7 Å². The lowest BCUT2D eigenvalue weighted by Crippen LogP contribution is -2.33. The van der Waals surface area contributed by atoms with E-state index in [0.717, 1.165) is 18.9 Å². The van der Waals surface area contributed by atoms with Gasteiger partial charge in [0, 0.05) is 6.04 Å². The molecule has 2 N–H and O–H groups in total. The molecule has 0 bridgehead atoms. The number of hydrogen-bond donors (Lipinski definition) is 2. The molecule has 0 aliphatic heterocycles. The molecule has 0 heterocycles. The van der Waals surface area contributed by atoms with Crippen LogP contribution in [0.3, 0.4) is 0 Å². The Hall–Kier alpha value is -0.980. The van der Waals surface area contributed by atoms with Crippen molar-refractivity contribution in [3.05, 3.63) is 29.6 Å². The van der Waals surface area contributed by atoms with E-state index < -0.39 is 15.8 Å². The number of rotatable bonds is 8. The van der Waals surface area contributed by atoms with Gasteiger partial charge in [-0.2, -0.15) is 0 Å². The van der Waals surface area contributed by atoms with Crippen LogP contribution in [0.4, 0.5) is 4.39 Å². The Morgan fingerprint density at radius 3 is 2.43 bits per heavy atom. The molecule has 0 aliphatic rings. The summed E-state index contributed by atoms with van der Waals surface area (Å²) in [5.41, 5.74) is 0.344. The van der Waals surface area contributed by atoms with E-state index in [9.17, 15) is 12.8 Å². The SMILES string of the molecule is CC(C)CCCC(C)NS(=O)(=O)c1ccc(CO)cc1F. The second kappa shape index (κ2) is 7.87. The predicted molar refractivity (Wildman–Crippen MR) is 80.8 cm³/mol. The molecule has 1 atom stereocenters. The summed E-state index contributed by atoms with van der Waals surface area (Å²) in [4.78, 5) is -0.379. The van der Waals surface area contributed by atoms with Gasteiger partial charge in [-0.05, 0) is 37.0 Å². The molecule has 120 valence electrons. The molecule has 0 saturated heterocycles. The number of aliphatic hydroxyl groups is 1. The highest BCUT2D eigenvalue weighted by molar-refractivity contribution is 7.89. The molecule has 0 aliphatic carbocycles. The van der Waals surface area contributed by atoms with E-state index in [1.54, 1.807) is 6.92 Å². The van der Waals surface area contributed by atoms with Gasteiger partial charge in [-0.3, -0.25) is 0 Å². The Morgan fingerprint density at radius 1 is 1.24 bits per heavy atom.